The first-order valence-electron chi connectivity index (χ1n) is 4.86. The zero-order valence-corrected chi connectivity index (χ0v) is 9.40. The lowest BCUT2D eigenvalue weighted by Crippen LogP contribution is -2.33. The summed E-state index contributed by atoms with van der Waals surface area (Å²) in [5, 5.41) is 4.08. The lowest BCUT2D eigenvalue weighted by atomic mass is 10.1. The Hall–Kier alpha value is -0.890. The largest absolute Gasteiger partial charge is 0.377 e. The summed E-state index contributed by atoms with van der Waals surface area (Å²) in [6.07, 6.45) is 0. The lowest BCUT2D eigenvalue weighted by molar-refractivity contribution is 0.794. The van der Waals surface area contributed by atoms with Crippen LogP contribution in [0.25, 0.3) is 0 Å². The monoisotopic (exact) mass is 205 g/mol. The Morgan fingerprint density at radius 2 is 2.14 bits per heavy atom. The van der Waals surface area contributed by atoms with E-state index in [1.165, 1.54) is 16.2 Å². The highest BCUT2D eigenvalue weighted by Gasteiger charge is 2.25. The van der Waals surface area contributed by atoms with Gasteiger partial charge in [0.2, 0.25) is 0 Å². The number of benzene rings is 1. The summed E-state index contributed by atoms with van der Waals surface area (Å²) in [6, 6.07) is 8.84. The Morgan fingerprint density at radius 3 is 2.86 bits per heavy atom. The normalized spacial score (nSPS) is 25.0. The minimum atomic E-state index is 0.398. The predicted molar refractivity (Wildman–Crippen MR) is 64.0 cm³/mol. The molecule has 0 amide bonds. The second kappa shape index (κ2) is 3.70. The standard InChI is InChI=1S/C12H15NS/c1-8(2)12-9(3)14-11-7-5-4-6-10(11)13-12/h4-7,9,12-13H,1H2,2-3H3. The number of thioether (sulfide) groups is 1. The van der Waals surface area contributed by atoms with E-state index >= 15 is 0 Å². The summed E-state index contributed by atoms with van der Waals surface area (Å²) < 4.78 is 0. The molecule has 1 aliphatic heterocycles. The molecule has 1 nitrogen and oxygen atoms in total. The van der Waals surface area contributed by atoms with Gasteiger partial charge in [-0.2, -0.15) is 0 Å². The van der Waals surface area contributed by atoms with Crippen LogP contribution in [0.2, 0.25) is 0 Å². The Morgan fingerprint density at radius 1 is 1.43 bits per heavy atom. The average molecular weight is 205 g/mol. The summed E-state index contributed by atoms with van der Waals surface area (Å²) in [6.45, 7) is 8.36. The molecule has 1 aromatic carbocycles. The second-order valence-electron chi connectivity index (χ2n) is 3.79. The molecular weight excluding hydrogens is 190 g/mol. The fourth-order valence-electron chi connectivity index (χ4n) is 1.77. The SMILES string of the molecule is C=C(C)C1Nc2ccccc2SC1C. The quantitative estimate of drug-likeness (QED) is 0.704. The molecule has 2 unspecified atom stereocenters. The van der Waals surface area contributed by atoms with Crippen LogP contribution < -0.4 is 5.32 Å². The highest BCUT2D eigenvalue weighted by molar-refractivity contribution is 8.00. The number of hydrogen-bond acceptors (Lipinski definition) is 2. The van der Waals surface area contributed by atoms with E-state index in [1.807, 2.05) is 11.8 Å². The van der Waals surface area contributed by atoms with Gasteiger partial charge in [-0.1, -0.05) is 31.2 Å². The third-order valence-corrected chi connectivity index (χ3v) is 3.77. The van der Waals surface area contributed by atoms with Crippen molar-refractivity contribution in [1.82, 2.24) is 0 Å². The molecule has 2 heteroatoms. The molecule has 74 valence electrons. The molecule has 0 spiro atoms. The van der Waals surface area contributed by atoms with Gasteiger partial charge in [-0.3, -0.25) is 0 Å². The van der Waals surface area contributed by atoms with Crippen molar-refractivity contribution in [2.75, 3.05) is 5.32 Å². The molecular formula is C12H15NS. The van der Waals surface area contributed by atoms with E-state index in [2.05, 4.69) is 50.0 Å². The highest BCUT2D eigenvalue weighted by atomic mass is 32.2. The molecule has 2 rings (SSSR count). The third kappa shape index (κ3) is 1.67. The molecule has 1 aromatic rings. The van der Waals surface area contributed by atoms with Gasteiger partial charge in [-0.15, -0.1) is 11.8 Å². The van der Waals surface area contributed by atoms with Crippen LogP contribution in [-0.4, -0.2) is 11.3 Å². The first-order chi connectivity index (χ1) is 6.68. The molecule has 0 saturated carbocycles. The van der Waals surface area contributed by atoms with E-state index in [9.17, 15) is 0 Å². The van der Waals surface area contributed by atoms with E-state index < -0.39 is 0 Å². The van der Waals surface area contributed by atoms with Crippen molar-refractivity contribution >= 4 is 17.4 Å². The maximum Gasteiger partial charge on any atom is 0.0588 e. The Bertz CT molecular complexity index is 359. The van der Waals surface area contributed by atoms with Crippen LogP contribution in [0.5, 0.6) is 0 Å². The van der Waals surface area contributed by atoms with Crippen LogP contribution in [0.1, 0.15) is 13.8 Å². The minimum Gasteiger partial charge on any atom is -0.377 e. The molecule has 0 aliphatic carbocycles. The molecule has 2 atom stereocenters. The fourth-order valence-corrected chi connectivity index (χ4v) is 3.01. The minimum absolute atomic E-state index is 0.398. The zero-order valence-electron chi connectivity index (χ0n) is 8.58. The zero-order chi connectivity index (χ0) is 10.1. The molecule has 0 bridgehead atoms. The van der Waals surface area contributed by atoms with Gasteiger partial charge in [0.15, 0.2) is 0 Å². The summed E-state index contributed by atoms with van der Waals surface area (Å²) in [4.78, 5) is 1.34. The highest BCUT2D eigenvalue weighted by Crippen LogP contribution is 2.38. The van der Waals surface area contributed by atoms with Crippen molar-refractivity contribution in [1.29, 1.82) is 0 Å². The molecule has 0 radical (unpaired) electrons. The fraction of sp³-hybridized carbons (Fsp3) is 0.333. The van der Waals surface area contributed by atoms with Crippen molar-refractivity contribution in [2.45, 2.75) is 30.0 Å². The molecule has 14 heavy (non-hydrogen) atoms. The van der Waals surface area contributed by atoms with Crippen LogP contribution in [0.15, 0.2) is 41.3 Å². The van der Waals surface area contributed by atoms with Crippen LogP contribution in [-0.2, 0) is 0 Å². The summed E-state index contributed by atoms with van der Waals surface area (Å²) in [5.41, 5.74) is 2.45. The number of nitrogens with one attached hydrogen (secondary N) is 1. The number of rotatable bonds is 1. The first kappa shape index (κ1) is 9.66. The van der Waals surface area contributed by atoms with Crippen molar-refractivity contribution in [3.63, 3.8) is 0 Å². The van der Waals surface area contributed by atoms with Gasteiger partial charge in [-0.05, 0) is 19.1 Å². The van der Waals surface area contributed by atoms with Gasteiger partial charge >= 0.3 is 0 Å². The number of hydrogen-bond donors (Lipinski definition) is 1. The molecule has 0 fully saturated rings. The average Bonchev–Trinajstić information content (AvgIpc) is 2.16. The van der Waals surface area contributed by atoms with E-state index in [1.54, 1.807) is 0 Å². The topological polar surface area (TPSA) is 12.0 Å². The van der Waals surface area contributed by atoms with Gasteiger partial charge in [0.1, 0.15) is 0 Å². The molecule has 1 heterocycles. The van der Waals surface area contributed by atoms with Crippen LogP contribution in [0.4, 0.5) is 5.69 Å². The molecule has 1 aliphatic rings. The van der Waals surface area contributed by atoms with Gasteiger partial charge < -0.3 is 5.32 Å². The Balaban J connectivity index is 2.31. The molecule has 1 N–H and O–H groups in total. The van der Waals surface area contributed by atoms with E-state index in [-0.39, 0.29) is 0 Å². The maximum atomic E-state index is 4.03. The van der Waals surface area contributed by atoms with Gasteiger partial charge in [0.25, 0.3) is 0 Å². The Labute approximate surface area is 89.6 Å². The summed E-state index contributed by atoms with van der Waals surface area (Å²) >= 11 is 1.92. The number of fused-ring (bicyclic) bond motifs is 1. The van der Waals surface area contributed by atoms with Crippen molar-refractivity contribution in [3.05, 3.63) is 36.4 Å². The van der Waals surface area contributed by atoms with Crippen molar-refractivity contribution in [3.8, 4) is 0 Å². The number of anilines is 1. The lowest BCUT2D eigenvalue weighted by Gasteiger charge is -2.32. The Kier molecular flexibility index (Phi) is 2.55. The smallest absolute Gasteiger partial charge is 0.0588 e. The van der Waals surface area contributed by atoms with Crippen molar-refractivity contribution < 1.29 is 0 Å². The summed E-state index contributed by atoms with van der Waals surface area (Å²) in [7, 11) is 0. The van der Waals surface area contributed by atoms with Gasteiger partial charge in [-0.25, -0.2) is 0 Å². The van der Waals surface area contributed by atoms with Gasteiger partial charge in [0, 0.05) is 15.8 Å². The van der Waals surface area contributed by atoms with E-state index in [4.69, 9.17) is 0 Å². The van der Waals surface area contributed by atoms with Crippen LogP contribution in [0, 0.1) is 0 Å². The molecule has 0 saturated heterocycles. The first-order valence-corrected chi connectivity index (χ1v) is 5.74. The van der Waals surface area contributed by atoms with E-state index in [0.717, 1.165) is 0 Å². The maximum absolute atomic E-state index is 4.03. The summed E-state index contributed by atoms with van der Waals surface area (Å²) in [5.74, 6) is 0. The van der Waals surface area contributed by atoms with Crippen LogP contribution in [0.3, 0.4) is 0 Å². The van der Waals surface area contributed by atoms with Crippen LogP contribution >= 0.6 is 11.8 Å². The predicted octanol–water partition coefficient (Wildman–Crippen LogP) is 3.54. The number of para-hydroxylation sites is 1. The van der Waals surface area contributed by atoms with E-state index in [0.29, 0.717) is 11.3 Å². The van der Waals surface area contributed by atoms with Crippen molar-refractivity contribution in [2.24, 2.45) is 0 Å². The second-order valence-corrected chi connectivity index (χ2v) is 5.21. The molecule has 0 aromatic heterocycles. The van der Waals surface area contributed by atoms with Gasteiger partial charge in [0.05, 0.1) is 6.04 Å². The third-order valence-electron chi connectivity index (χ3n) is 2.51.